The summed E-state index contributed by atoms with van der Waals surface area (Å²) in [5.41, 5.74) is 1.07. The van der Waals surface area contributed by atoms with E-state index in [1.54, 1.807) is 18.5 Å². The predicted molar refractivity (Wildman–Crippen MR) is 89.5 cm³/mol. The molecule has 1 saturated carbocycles. The number of nitrogens with zero attached hydrogens (tertiary/aromatic N) is 1. The van der Waals surface area contributed by atoms with E-state index in [4.69, 9.17) is 4.74 Å². The highest BCUT2D eigenvalue weighted by Crippen LogP contribution is 2.27. The van der Waals surface area contributed by atoms with Crippen LogP contribution in [0.5, 0.6) is 0 Å². The van der Waals surface area contributed by atoms with Crippen LogP contribution in [0.25, 0.3) is 0 Å². The third-order valence-electron chi connectivity index (χ3n) is 4.76. The Hall–Kier alpha value is -0.910. The molecule has 1 aliphatic carbocycles. The van der Waals surface area contributed by atoms with Gasteiger partial charge in [-0.3, -0.25) is 0 Å². The molecule has 2 rings (SSSR count). The lowest BCUT2D eigenvalue weighted by Gasteiger charge is -2.34. The molecule has 0 saturated heterocycles. The van der Waals surface area contributed by atoms with Gasteiger partial charge < -0.3 is 4.74 Å². The van der Waals surface area contributed by atoms with E-state index in [1.165, 1.54) is 0 Å². The maximum absolute atomic E-state index is 12.7. The Morgan fingerprint density at radius 3 is 2.32 bits per heavy atom. The zero-order chi connectivity index (χ0) is 16.2. The molecule has 5 heteroatoms. The maximum Gasteiger partial charge on any atom is 0.214 e. The zero-order valence-electron chi connectivity index (χ0n) is 13.7. The molecule has 0 N–H and O–H groups in total. The molecule has 0 heterocycles. The van der Waals surface area contributed by atoms with E-state index in [9.17, 15) is 8.42 Å². The summed E-state index contributed by atoms with van der Waals surface area (Å²) in [7, 11) is 0.217. The first kappa shape index (κ1) is 17.4. The highest BCUT2D eigenvalue weighted by Gasteiger charge is 2.31. The summed E-state index contributed by atoms with van der Waals surface area (Å²) >= 11 is 0. The molecule has 1 aliphatic rings. The highest BCUT2D eigenvalue weighted by atomic mass is 32.2. The topological polar surface area (TPSA) is 46.6 Å². The first-order valence-electron chi connectivity index (χ1n) is 7.97. The fourth-order valence-corrected chi connectivity index (χ4v) is 4.91. The van der Waals surface area contributed by atoms with Gasteiger partial charge in [-0.1, -0.05) is 37.3 Å². The molecule has 0 aliphatic heterocycles. The van der Waals surface area contributed by atoms with Crippen LogP contribution < -0.4 is 0 Å². The maximum atomic E-state index is 12.7. The molecule has 1 fully saturated rings. The van der Waals surface area contributed by atoms with E-state index in [0.717, 1.165) is 31.2 Å². The molecule has 0 amide bonds. The molecule has 0 unspecified atom stereocenters. The van der Waals surface area contributed by atoms with Crippen LogP contribution in [0.1, 0.15) is 44.1 Å². The van der Waals surface area contributed by atoms with Crippen LogP contribution in [-0.2, 0) is 14.8 Å². The Morgan fingerprint density at radius 1 is 1.18 bits per heavy atom. The predicted octanol–water partition coefficient (Wildman–Crippen LogP) is 3.01. The van der Waals surface area contributed by atoms with Gasteiger partial charge in [0.1, 0.15) is 0 Å². The lowest BCUT2D eigenvalue weighted by molar-refractivity contribution is 0.0553. The number of rotatable bonds is 6. The van der Waals surface area contributed by atoms with Gasteiger partial charge >= 0.3 is 0 Å². The number of hydrogen-bond acceptors (Lipinski definition) is 3. The second-order valence-corrected chi connectivity index (χ2v) is 8.35. The molecule has 124 valence electrons. The summed E-state index contributed by atoms with van der Waals surface area (Å²) < 4.78 is 32.3. The van der Waals surface area contributed by atoms with E-state index in [1.807, 2.05) is 37.3 Å². The molecule has 0 aromatic heterocycles. The van der Waals surface area contributed by atoms with Gasteiger partial charge in [-0.25, -0.2) is 12.7 Å². The van der Waals surface area contributed by atoms with Crippen molar-refractivity contribution in [1.82, 2.24) is 4.31 Å². The SMILES string of the molecule is COC1CCC(N(C)S(=O)(=O)C[C@H](C)c2ccccc2)CC1. The molecule has 22 heavy (non-hydrogen) atoms. The van der Waals surface area contributed by atoms with Crippen molar-refractivity contribution in [3.05, 3.63) is 35.9 Å². The number of hydrogen-bond donors (Lipinski definition) is 0. The van der Waals surface area contributed by atoms with Gasteiger partial charge in [0, 0.05) is 20.2 Å². The van der Waals surface area contributed by atoms with Gasteiger partial charge in [-0.05, 0) is 37.2 Å². The fourth-order valence-electron chi connectivity index (χ4n) is 3.18. The lowest BCUT2D eigenvalue weighted by atomic mass is 9.93. The van der Waals surface area contributed by atoms with Crippen molar-refractivity contribution >= 4 is 10.0 Å². The number of sulfonamides is 1. The quantitative estimate of drug-likeness (QED) is 0.808. The summed E-state index contributed by atoms with van der Waals surface area (Å²) in [4.78, 5) is 0. The molecule has 1 atom stereocenters. The van der Waals surface area contributed by atoms with E-state index >= 15 is 0 Å². The number of methoxy groups -OCH3 is 1. The molecule has 0 spiro atoms. The van der Waals surface area contributed by atoms with Crippen molar-refractivity contribution in [2.75, 3.05) is 19.9 Å². The average molecular weight is 325 g/mol. The van der Waals surface area contributed by atoms with Crippen LogP contribution in [-0.4, -0.2) is 44.8 Å². The van der Waals surface area contributed by atoms with Gasteiger partial charge in [-0.15, -0.1) is 0 Å². The number of benzene rings is 1. The van der Waals surface area contributed by atoms with Gasteiger partial charge in [-0.2, -0.15) is 0 Å². The third-order valence-corrected chi connectivity index (χ3v) is 6.86. The first-order valence-corrected chi connectivity index (χ1v) is 9.58. The van der Waals surface area contributed by atoms with E-state index in [2.05, 4.69) is 0 Å². The van der Waals surface area contributed by atoms with Gasteiger partial charge in [0.05, 0.1) is 11.9 Å². The monoisotopic (exact) mass is 325 g/mol. The summed E-state index contributed by atoms with van der Waals surface area (Å²) in [6, 6.07) is 9.95. The third kappa shape index (κ3) is 4.31. The molecule has 1 aromatic carbocycles. The van der Waals surface area contributed by atoms with E-state index in [0.29, 0.717) is 0 Å². The van der Waals surface area contributed by atoms with Crippen LogP contribution in [0.15, 0.2) is 30.3 Å². The van der Waals surface area contributed by atoms with Crippen LogP contribution in [0.3, 0.4) is 0 Å². The van der Waals surface area contributed by atoms with Crippen molar-refractivity contribution in [1.29, 1.82) is 0 Å². The van der Waals surface area contributed by atoms with Crippen LogP contribution in [0.2, 0.25) is 0 Å². The Labute approximate surface area is 134 Å². The minimum Gasteiger partial charge on any atom is -0.381 e. The Bertz CT molecular complexity index is 551. The summed E-state index contributed by atoms with van der Waals surface area (Å²) in [6.07, 6.45) is 3.93. The van der Waals surface area contributed by atoms with Crippen LogP contribution >= 0.6 is 0 Å². The Morgan fingerprint density at radius 2 is 1.77 bits per heavy atom. The summed E-state index contributed by atoms with van der Waals surface area (Å²) in [6.45, 7) is 1.97. The van der Waals surface area contributed by atoms with E-state index in [-0.39, 0.29) is 23.8 Å². The molecular formula is C17H27NO3S. The molecule has 0 radical (unpaired) electrons. The lowest BCUT2D eigenvalue weighted by Crippen LogP contribution is -2.42. The molecule has 1 aromatic rings. The van der Waals surface area contributed by atoms with Crippen molar-refractivity contribution in [3.63, 3.8) is 0 Å². The number of ether oxygens (including phenoxy) is 1. The van der Waals surface area contributed by atoms with E-state index < -0.39 is 10.0 Å². The van der Waals surface area contributed by atoms with Crippen molar-refractivity contribution in [3.8, 4) is 0 Å². The van der Waals surface area contributed by atoms with Crippen LogP contribution in [0, 0.1) is 0 Å². The second-order valence-electron chi connectivity index (χ2n) is 6.27. The zero-order valence-corrected chi connectivity index (χ0v) is 14.6. The molecular weight excluding hydrogens is 298 g/mol. The van der Waals surface area contributed by atoms with Crippen molar-refractivity contribution in [2.24, 2.45) is 0 Å². The first-order chi connectivity index (χ1) is 10.4. The minimum absolute atomic E-state index is 0.00367. The minimum atomic E-state index is -3.24. The average Bonchev–Trinajstić information content (AvgIpc) is 2.54. The van der Waals surface area contributed by atoms with Crippen molar-refractivity contribution < 1.29 is 13.2 Å². The largest absolute Gasteiger partial charge is 0.381 e. The normalized spacial score (nSPS) is 24.4. The van der Waals surface area contributed by atoms with Crippen molar-refractivity contribution in [2.45, 2.75) is 50.7 Å². The van der Waals surface area contributed by atoms with Crippen LogP contribution in [0.4, 0.5) is 0 Å². The van der Waals surface area contributed by atoms with Gasteiger partial charge in [0.15, 0.2) is 0 Å². The fraction of sp³-hybridized carbons (Fsp3) is 0.647. The Kier molecular flexibility index (Phi) is 6.01. The summed E-state index contributed by atoms with van der Waals surface area (Å²) in [5, 5.41) is 0. The molecule has 4 nitrogen and oxygen atoms in total. The Balaban J connectivity index is 1.98. The summed E-state index contributed by atoms with van der Waals surface area (Å²) in [5.74, 6) is 0.168. The van der Waals surface area contributed by atoms with Gasteiger partial charge in [0.2, 0.25) is 10.0 Å². The molecule has 0 bridgehead atoms. The standard InChI is InChI=1S/C17H27NO3S/c1-14(15-7-5-4-6-8-15)13-22(19,20)18(2)16-9-11-17(21-3)12-10-16/h4-8,14,16-17H,9-13H2,1-3H3/t14-,16?,17?/m0/s1. The van der Waals surface area contributed by atoms with Gasteiger partial charge in [0.25, 0.3) is 0 Å². The smallest absolute Gasteiger partial charge is 0.214 e. The highest BCUT2D eigenvalue weighted by molar-refractivity contribution is 7.89. The second kappa shape index (κ2) is 7.57.